The highest BCUT2D eigenvalue weighted by Gasteiger charge is 2.41. The molecule has 1 aliphatic heterocycles. The Morgan fingerprint density at radius 2 is 1.78 bits per heavy atom. The average molecular weight is 313 g/mol. The third-order valence-corrected chi connectivity index (χ3v) is 5.01. The van der Waals surface area contributed by atoms with E-state index < -0.39 is 0 Å². The fourth-order valence-corrected chi connectivity index (χ4v) is 3.65. The fourth-order valence-electron chi connectivity index (χ4n) is 3.65. The predicted molar refractivity (Wildman–Crippen MR) is 88.6 cm³/mol. The van der Waals surface area contributed by atoms with Gasteiger partial charge in [-0.3, -0.25) is 0 Å². The molecule has 122 valence electrons. The van der Waals surface area contributed by atoms with E-state index in [1.165, 1.54) is 5.56 Å². The maximum Gasteiger partial charge on any atom is 0.168 e. The zero-order valence-corrected chi connectivity index (χ0v) is 13.5. The van der Waals surface area contributed by atoms with E-state index in [9.17, 15) is 0 Å². The van der Waals surface area contributed by atoms with Gasteiger partial charge < -0.3 is 15.2 Å². The van der Waals surface area contributed by atoms with Crippen molar-refractivity contribution < 1.29 is 9.47 Å². The van der Waals surface area contributed by atoms with Crippen LogP contribution in [0.15, 0.2) is 30.3 Å². The maximum atomic E-state index is 6.18. The topological polar surface area (TPSA) is 62.3 Å². The zero-order valence-electron chi connectivity index (χ0n) is 13.5. The lowest BCUT2D eigenvalue weighted by Gasteiger charge is -2.34. The van der Waals surface area contributed by atoms with Gasteiger partial charge in [0.2, 0.25) is 0 Å². The summed E-state index contributed by atoms with van der Waals surface area (Å²) < 4.78 is 13.4. The van der Waals surface area contributed by atoms with Crippen LogP contribution in [-0.4, -0.2) is 28.8 Å². The van der Waals surface area contributed by atoms with Crippen molar-refractivity contribution in [2.45, 2.75) is 44.3 Å². The Hall–Kier alpha value is -1.85. The average Bonchev–Trinajstić information content (AvgIpc) is 3.17. The molecule has 0 unspecified atom stereocenters. The molecule has 2 fully saturated rings. The number of benzene rings is 1. The van der Waals surface area contributed by atoms with Crippen molar-refractivity contribution in [2.75, 3.05) is 18.9 Å². The van der Waals surface area contributed by atoms with Crippen molar-refractivity contribution >= 4 is 5.82 Å². The predicted octanol–water partition coefficient (Wildman–Crippen LogP) is 3.16. The van der Waals surface area contributed by atoms with Gasteiger partial charge >= 0.3 is 0 Å². The van der Waals surface area contributed by atoms with Crippen molar-refractivity contribution in [1.29, 1.82) is 0 Å². The Kier molecular flexibility index (Phi) is 3.62. The Morgan fingerprint density at radius 3 is 2.43 bits per heavy atom. The maximum absolute atomic E-state index is 6.18. The van der Waals surface area contributed by atoms with Crippen molar-refractivity contribution in [3.63, 3.8) is 0 Å². The second-order valence-corrected chi connectivity index (χ2v) is 6.62. The monoisotopic (exact) mass is 313 g/mol. The number of hydrogen-bond donors (Lipinski definition) is 1. The SMILES string of the molecule is Cc1ccc(-n2nc(C3CCC4(CC3)OCCO4)cc2N)cc1. The first kappa shape index (κ1) is 14.7. The van der Waals surface area contributed by atoms with E-state index >= 15 is 0 Å². The minimum atomic E-state index is -0.318. The van der Waals surface area contributed by atoms with Crippen LogP contribution >= 0.6 is 0 Å². The summed E-state index contributed by atoms with van der Waals surface area (Å²) in [5.74, 6) is 0.807. The molecule has 1 saturated carbocycles. The molecule has 1 saturated heterocycles. The summed E-state index contributed by atoms with van der Waals surface area (Å²) in [6, 6.07) is 10.3. The van der Waals surface area contributed by atoms with Crippen LogP contribution in [0.5, 0.6) is 0 Å². The van der Waals surface area contributed by atoms with Gasteiger partial charge in [0.15, 0.2) is 5.79 Å². The Bertz CT molecular complexity index is 677. The Balaban J connectivity index is 1.52. The summed E-state index contributed by atoms with van der Waals surface area (Å²) in [5.41, 5.74) is 9.50. The van der Waals surface area contributed by atoms with Crippen molar-refractivity contribution in [2.24, 2.45) is 0 Å². The second-order valence-electron chi connectivity index (χ2n) is 6.62. The van der Waals surface area contributed by atoms with Gasteiger partial charge in [0.25, 0.3) is 0 Å². The molecule has 0 atom stereocenters. The number of nitrogens with zero attached hydrogens (tertiary/aromatic N) is 2. The molecular formula is C18H23N3O2. The summed E-state index contributed by atoms with van der Waals surface area (Å²) >= 11 is 0. The van der Waals surface area contributed by atoms with Gasteiger partial charge in [-0.25, -0.2) is 4.68 Å². The molecule has 2 aromatic rings. The largest absolute Gasteiger partial charge is 0.384 e. The van der Waals surface area contributed by atoms with E-state index in [1.807, 2.05) is 10.7 Å². The van der Waals surface area contributed by atoms with Crippen LogP contribution in [0, 0.1) is 6.92 Å². The minimum absolute atomic E-state index is 0.318. The fraction of sp³-hybridized carbons (Fsp3) is 0.500. The number of anilines is 1. The first-order valence-corrected chi connectivity index (χ1v) is 8.36. The minimum Gasteiger partial charge on any atom is -0.384 e. The molecule has 1 aromatic heterocycles. The van der Waals surface area contributed by atoms with E-state index in [0.717, 1.165) is 50.3 Å². The molecule has 2 heterocycles. The summed E-state index contributed by atoms with van der Waals surface area (Å²) in [7, 11) is 0. The Labute approximate surface area is 136 Å². The van der Waals surface area contributed by atoms with E-state index in [1.54, 1.807) is 0 Å². The molecule has 1 spiro atoms. The lowest BCUT2D eigenvalue weighted by molar-refractivity contribution is -0.178. The van der Waals surface area contributed by atoms with Crippen LogP contribution in [0.4, 0.5) is 5.82 Å². The van der Waals surface area contributed by atoms with E-state index in [0.29, 0.717) is 11.7 Å². The first-order chi connectivity index (χ1) is 11.2. The van der Waals surface area contributed by atoms with Crippen LogP contribution in [0.1, 0.15) is 42.9 Å². The molecule has 1 aromatic carbocycles. The molecule has 1 aliphatic carbocycles. The highest BCUT2D eigenvalue weighted by atomic mass is 16.7. The van der Waals surface area contributed by atoms with Crippen LogP contribution in [-0.2, 0) is 9.47 Å². The van der Waals surface area contributed by atoms with Gasteiger partial charge in [0.1, 0.15) is 5.82 Å². The highest BCUT2D eigenvalue weighted by molar-refractivity contribution is 5.44. The molecule has 23 heavy (non-hydrogen) atoms. The van der Waals surface area contributed by atoms with Crippen molar-refractivity contribution in [3.05, 3.63) is 41.6 Å². The zero-order chi connectivity index (χ0) is 15.9. The van der Waals surface area contributed by atoms with Gasteiger partial charge in [0.05, 0.1) is 24.6 Å². The number of nitrogens with two attached hydrogens (primary N) is 1. The molecule has 4 rings (SSSR count). The quantitative estimate of drug-likeness (QED) is 0.925. The molecule has 0 amide bonds. The van der Waals surface area contributed by atoms with Gasteiger partial charge in [-0.1, -0.05) is 17.7 Å². The number of aryl methyl sites for hydroxylation is 1. The molecule has 2 N–H and O–H groups in total. The van der Waals surface area contributed by atoms with Crippen molar-refractivity contribution in [3.8, 4) is 5.69 Å². The van der Waals surface area contributed by atoms with Crippen molar-refractivity contribution in [1.82, 2.24) is 9.78 Å². The lowest BCUT2D eigenvalue weighted by atomic mass is 9.83. The summed E-state index contributed by atoms with van der Waals surface area (Å²) in [6.07, 6.45) is 3.94. The van der Waals surface area contributed by atoms with Gasteiger partial charge in [-0.05, 0) is 31.9 Å². The molecule has 0 bridgehead atoms. The van der Waals surface area contributed by atoms with Gasteiger partial charge in [0, 0.05) is 24.8 Å². The smallest absolute Gasteiger partial charge is 0.168 e. The van der Waals surface area contributed by atoms with Crippen LogP contribution in [0.2, 0.25) is 0 Å². The van der Waals surface area contributed by atoms with E-state index in [-0.39, 0.29) is 5.79 Å². The number of hydrogen-bond acceptors (Lipinski definition) is 4. The standard InChI is InChI=1S/C18H23N3O2/c1-13-2-4-15(5-3-13)21-17(19)12-16(20-21)14-6-8-18(9-7-14)22-10-11-23-18/h2-5,12,14H,6-11,19H2,1H3. The number of nitrogen functional groups attached to an aromatic ring is 1. The van der Waals surface area contributed by atoms with Gasteiger partial charge in [-0.15, -0.1) is 0 Å². The molecule has 5 nitrogen and oxygen atoms in total. The normalized spacial score (nSPS) is 21.1. The van der Waals surface area contributed by atoms with E-state index in [2.05, 4.69) is 31.2 Å². The third kappa shape index (κ3) is 2.75. The molecule has 5 heteroatoms. The summed E-state index contributed by atoms with van der Waals surface area (Å²) in [5, 5.41) is 4.76. The lowest BCUT2D eigenvalue weighted by Crippen LogP contribution is -2.34. The highest BCUT2D eigenvalue weighted by Crippen LogP contribution is 2.42. The number of aromatic nitrogens is 2. The van der Waals surface area contributed by atoms with Crippen LogP contribution in [0.25, 0.3) is 5.69 Å². The first-order valence-electron chi connectivity index (χ1n) is 8.36. The van der Waals surface area contributed by atoms with Crippen LogP contribution < -0.4 is 5.73 Å². The number of rotatable bonds is 2. The second kappa shape index (κ2) is 5.65. The molecule has 2 aliphatic rings. The third-order valence-electron chi connectivity index (χ3n) is 5.01. The summed E-state index contributed by atoms with van der Waals surface area (Å²) in [4.78, 5) is 0. The van der Waals surface area contributed by atoms with Gasteiger partial charge in [-0.2, -0.15) is 5.10 Å². The molecule has 0 radical (unpaired) electrons. The number of ether oxygens (including phenoxy) is 2. The Morgan fingerprint density at radius 1 is 1.13 bits per heavy atom. The van der Waals surface area contributed by atoms with E-state index in [4.69, 9.17) is 20.3 Å². The van der Waals surface area contributed by atoms with Crippen LogP contribution in [0.3, 0.4) is 0 Å². The molecular weight excluding hydrogens is 290 g/mol. The summed E-state index contributed by atoms with van der Waals surface area (Å²) in [6.45, 7) is 3.52.